The zero-order chi connectivity index (χ0) is 11.6. The quantitative estimate of drug-likeness (QED) is 0.750. The van der Waals surface area contributed by atoms with E-state index < -0.39 is 29.2 Å². The van der Waals surface area contributed by atoms with Gasteiger partial charge in [0, 0.05) is 18.7 Å². The summed E-state index contributed by atoms with van der Waals surface area (Å²) in [7, 11) is 0. The summed E-state index contributed by atoms with van der Waals surface area (Å²) in [6.07, 6.45) is -1.75. The summed E-state index contributed by atoms with van der Waals surface area (Å²) in [5.74, 6) is -3.67. The Morgan fingerprint density at radius 3 is 2.13 bits per heavy atom. The second-order valence-electron chi connectivity index (χ2n) is 2.73. The van der Waals surface area contributed by atoms with Crippen molar-refractivity contribution in [2.24, 2.45) is 0 Å². The number of amides is 1. The summed E-state index contributed by atoms with van der Waals surface area (Å²) in [4.78, 5) is 10.9. The number of nitrogens with zero attached hydrogens (tertiary/aromatic N) is 1. The van der Waals surface area contributed by atoms with Gasteiger partial charge in [0.25, 0.3) is 0 Å². The maximum Gasteiger partial charge on any atom is 0.152 e. The molecule has 0 N–H and O–H groups in total. The van der Waals surface area contributed by atoms with E-state index in [1.807, 2.05) is 0 Å². The minimum absolute atomic E-state index is 0.193. The summed E-state index contributed by atoms with van der Waals surface area (Å²) in [6, 6.07) is 0.814. The molecule has 1 aromatic carbocycles. The van der Waals surface area contributed by atoms with Crippen LogP contribution in [0.1, 0.15) is 6.92 Å². The molecule has 0 fully saturated rings. The highest BCUT2D eigenvalue weighted by Gasteiger charge is 2.17. The number of hydrogen-bond donors (Lipinski definition) is 0. The van der Waals surface area contributed by atoms with Gasteiger partial charge < -0.3 is 14.8 Å². The van der Waals surface area contributed by atoms with Gasteiger partial charge in [-0.25, -0.2) is 13.2 Å². The molecule has 1 rings (SSSR count). The molecule has 82 valence electrons. The summed E-state index contributed by atoms with van der Waals surface area (Å²) >= 11 is 0. The Morgan fingerprint density at radius 1 is 1.33 bits per heavy atom. The topological polar surface area (TPSA) is 43.4 Å². The first kappa shape index (κ1) is 11.4. The average molecular weight is 218 g/mol. The Kier molecular flexibility index (Phi) is 3.18. The van der Waals surface area contributed by atoms with E-state index >= 15 is 0 Å². The van der Waals surface area contributed by atoms with Gasteiger partial charge in [0.15, 0.2) is 11.6 Å². The Bertz CT molecular complexity index is 372. The number of rotatable bonds is 2. The van der Waals surface area contributed by atoms with Gasteiger partial charge in [0.2, 0.25) is 0 Å². The molecule has 15 heavy (non-hydrogen) atoms. The Morgan fingerprint density at radius 2 is 1.80 bits per heavy atom. The van der Waals surface area contributed by atoms with Gasteiger partial charge in [-0.1, -0.05) is 0 Å². The average Bonchev–Trinajstić information content (AvgIpc) is 2.09. The number of hydrogen-bond acceptors (Lipinski definition) is 2. The van der Waals surface area contributed by atoms with Crippen LogP contribution in [0, 0.1) is 17.5 Å². The van der Waals surface area contributed by atoms with Crippen LogP contribution in [-0.2, 0) is 0 Å². The largest absolute Gasteiger partial charge is 0.530 e. The van der Waals surface area contributed by atoms with Crippen molar-refractivity contribution < 1.29 is 23.1 Å². The molecule has 0 aliphatic heterocycles. The molecule has 0 heterocycles. The van der Waals surface area contributed by atoms with Crippen LogP contribution in [0.25, 0.3) is 0 Å². The normalized spacial score (nSPS) is 10.1. The van der Waals surface area contributed by atoms with Gasteiger partial charge in [0.1, 0.15) is 17.6 Å². The van der Waals surface area contributed by atoms with E-state index in [4.69, 9.17) is 0 Å². The summed E-state index contributed by atoms with van der Waals surface area (Å²) in [5, 5.41) is 10.5. The molecule has 0 aliphatic rings. The third kappa shape index (κ3) is 2.20. The van der Waals surface area contributed by atoms with E-state index in [0.717, 1.165) is 0 Å². The standard InChI is InChI=1S/C9H8F3NO2/c1-2-13(9(14)15)8-6(11)3-5(10)4-7(8)12/h3-4H,2H2,1H3,(H,14,15)/p-1. The van der Waals surface area contributed by atoms with E-state index in [1.54, 1.807) is 0 Å². The molecular formula is C9H7F3NO2-. The predicted octanol–water partition coefficient (Wildman–Crippen LogP) is 1.27. The van der Waals surface area contributed by atoms with Crippen LogP contribution in [0.4, 0.5) is 23.7 Å². The van der Waals surface area contributed by atoms with Crippen molar-refractivity contribution in [3.05, 3.63) is 29.6 Å². The fourth-order valence-corrected chi connectivity index (χ4v) is 1.17. The van der Waals surface area contributed by atoms with Crippen LogP contribution < -0.4 is 10.0 Å². The highest BCUT2D eigenvalue weighted by molar-refractivity contribution is 5.84. The van der Waals surface area contributed by atoms with Crippen LogP contribution in [0.2, 0.25) is 0 Å². The minimum atomic E-state index is -1.75. The maximum absolute atomic E-state index is 13.1. The smallest absolute Gasteiger partial charge is 0.152 e. The predicted molar refractivity (Wildman–Crippen MR) is 44.7 cm³/mol. The Hall–Kier alpha value is -1.72. The first-order chi connectivity index (χ1) is 6.97. The molecule has 0 unspecified atom stereocenters. The molecule has 1 aromatic rings. The monoisotopic (exact) mass is 218 g/mol. The molecule has 6 heteroatoms. The van der Waals surface area contributed by atoms with Gasteiger partial charge in [-0.3, -0.25) is 0 Å². The molecule has 0 atom stereocenters. The van der Waals surface area contributed by atoms with Gasteiger partial charge >= 0.3 is 0 Å². The number of benzene rings is 1. The van der Waals surface area contributed by atoms with Crippen LogP contribution in [0.3, 0.4) is 0 Å². The first-order valence-electron chi connectivity index (χ1n) is 4.10. The van der Waals surface area contributed by atoms with Gasteiger partial charge in [-0.2, -0.15) is 0 Å². The van der Waals surface area contributed by atoms with E-state index in [-0.39, 0.29) is 6.54 Å². The molecular weight excluding hydrogens is 211 g/mol. The fourth-order valence-electron chi connectivity index (χ4n) is 1.17. The molecule has 0 bridgehead atoms. The lowest BCUT2D eigenvalue weighted by molar-refractivity contribution is -0.246. The molecule has 0 radical (unpaired) electrons. The van der Waals surface area contributed by atoms with Crippen molar-refractivity contribution in [3.8, 4) is 0 Å². The molecule has 0 aromatic heterocycles. The number of carbonyl (C=O) groups excluding carboxylic acids is 1. The zero-order valence-corrected chi connectivity index (χ0v) is 7.76. The highest BCUT2D eigenvalue weighted by Crippen LogP contribution is 2.24. The fraction of sp³-hybridized carbons (Fsp3) is 0.222. The van der Waals surface area contributed by atoms with Crippen molar-refractivity contribution in [3.63, 3.8) is 0 Å². The molecule has 3 nitrogen and oxygen atoms in total. The third-order valence-corrected chi connectivity index (χ3v) is 1.79. The van der Waals surface area contributed by atoms with E-state index in [9.17, 15) is 23.1 Å². The second kappa shape index (κ2) is 4.20. The lowest BCUT2D eigenvalue weighted by Gasteiger charge is -2.24. The maximum atomic E-state index is 13.1. The number of anilines is 1. The molecule has 0 saturated carbocycles. The van der Waals surface area contributed by atoms with Crippen molar-refractivity contribution in [1.29, 1.82) is 0 Å². The minimum Gasteiger partial charge on any atom is -0.530 e. The Balaban J connectivity index is 3.29. The van der Waals surface area contributed by atoms with E-state index in [1.165, 1.54) is 6.92 Å². The summed E-state index contributed by atoms with van der Waals surface area (Å²) in [5.41, 5.74) is -0.820. The van der Waals surface area contributed by atoms with Crippen molar-refractivity contribution in [2.75, 3.05) is 11.4 Å². The lowest BCUT2D eigenvalue weighted by atomic mass is 10.2. The molecule has 0 spiro atoms. The van der Waals surface area contributed by atoms with Crippen LogP contribution in [-0.4, -0.2) is 12.6 Å². The van der Waals surface area contributed by atoms with Crippen molar-refractivity contribution >= 4 is 11.8 Å². The van der Waals surface area contributed by atoms with E-state index in [0.29, 0.717) is 17.0 Å². The molecule has 0 aliphatic carbocycles. The molecule has 1 amide bonds. The van der Waals surface area contributed by atoms with Gasteiger partial charge in [0.05, 0.1) is 0 Å². The van der Waals surface area contributed by atoms with Gasteiger partial charge in [-0.05, 0) is 6.92 Å². The van der Waals surface area contributed by atoms with Crippen LogP contribution in [0.5, 0.6) is 0 Å². The van der Waals surface area contributed by atoms with Crippen LogP contribution >= 0.6 is 0 Å². The number of halogens is 3. The zero-order valence-electron chi connectivity index (χ0n) is 7.76. The molecule has 0 saturated heterocycles. The van der Waals surface area contributed by atoms with Crippen molar-refractivity contribution in [1.82, 2.24) is 0 Å². The number of carboxylic acid groups (broad SMARTS) is 1. The summed E-state index contributed by atoms with van der Waals surface area (Å²) < 4.78 is 38.7. The van der Waals surface area contributed by atoms with Crippen molar-refractivity contribution in [2.45, 2.75) is 6.92 Å². The van der Waals surface area contributed by atoms with Crippen LogP contribution in [0.15, 0.2) is 12.1 Å². The summed E-state index contributed by atoms with van der Waals surface area (Å²) in [6.45, 7) is 1.18. The number of carbonyl (C=O) groups is 1. The SMILES string of the molecule is CCN(C(=O)[O-])c1c(F)cc(F)cc1F. The Labute approximate surface area is 83.7 Å². The lowest BCUT2D eigenvalue weighted by Crippen LogP contribution is -2.42. The second-order valence-corrected chi connectivity index (χ2v) is 2.73. The van der Waals surface area contributed by atoms with Gasteiger partial charge in [-0.15, -0.1) is 0 Å². The highest BCUT2D eigenvalue weighted by atomic mass is 19.1. The van der Waals surface area contributed by atoms with E-state index in [2.05, 4.69) is 0 Å². The third-order valence-electron chi connectivity index (χ3n) is 1.79. The first-order valence-corrected chi connectivity index (χ1v) is 4.10.